The summed E-state index contributed by atoms with van der Waals surface area (Å²) in [6.45, 7) is 1.38. The summed E-state index contributed by atoms with van der Waals surface area (Å²) in [7, 11) is -3.95. The molecule has 1 N–H and O–H groups in total. The molecule has 6 heteroatoms. The summed E-state index contributed by atoms with van der Waals surface area (Å²) in [5.74, 6) is 0. The molecule has 0 aromatic heterocycles. The molecule has 0 radical (unpaired) electrons. The molecule has 0 spiro atoms. The van der Waals surface area contributed by atoms with Gasteiger partial charge in [-0.1, -0.05) is 0 Å². The minimum atomic E-state index is -3.95. The van der Waals surface area contributed by atoms with Crippen molar-refractivity contribution in [2.24, 2.45) is 0 Å². The van der Waals surface area contributed by atoms with Crippen LogP contribution in [0.5, 0.6) is 0 Å². The van der Waals surface area contributed by atoms with Crippen LogP contribution in [0.3, 0.4) is 0 Å². The minimum Gasteiger partial charge on any atom is -0.314 e. The van der Waals surface area contributed by atoms with Crippen LogP contribution in [-0.4, -0.2) is 27.6 Å². The number of piperidine rings is 1. The van der Waals surface area contributed by atoms with Crippen molar-refractivity contribution < 1.29 is 12.6 Å². The van der Waals surface area contributed by atoms with Gasteiger partial charge in [-0.3, -0.25) is 4.18 Å². The molecule has 0 bridgehead atoms. The molecule has 0 saturated carbocycles. The second kappa shape index (κ2) is 3.85. The van der Waals surface area contributed by atoms with E-state index < -0.39 is 10.1 Å². The minimum absolute atomic E-state index is 0.372. The van der Waals surface area contributed by atoms with Crippen molar-refractivity contribution in [3.63, 3.8) is 0 Å². The average molecular weight is 190 g/mol. The number of nitrogens with zero attached hydrogens (tertiary/aromatic N) is 1. The molecule has 1 fully saturated rings. The lowest BCUT2D eigenvalue weighted by molar-refractivity contribution is 0.177. The Labute approximate surface area is 71.4 Å². The Morgan fingerprint density at radius 2 is 2.33 bits per heavy atom. The zero-order valence-electron chi connectivity index (χ0n) is 6.49. The lowest BCUT2D eigenvalue weighted by Gasteiger charge is -2.20. The van der Waals surface area contributed by atoms with Crippen LogP contribution in [0.15, 0.2) is 0 Å². The molecule has 0 amide bonds. The molecule has 1 atom stereocenters. The van der Waals surface area contributed by atoms with Crippen LogP contribution in [0.1, 0.15) is 12.8 Å². The van der Waals surface area contributed by atoms with Gasteiger partial charge in [0.05, 0.1) is 6.10 Å². The van der Waals surface area contributed by atoms with E-state index in [4.69, 9.17) is 5.26 Å². The van der Waals surface area contributed by atoms with Gasteiger partial charge >= 0.3 is 10.1 Å². The second-order valence-corrected chi connectivity index (χ2v) is 3.89. The molecule has 0 aromatic carbocycles. The first kappa shape index (κ1) is 9.45. The summed E-state index contributed by atoms with van der Waals surface area (Å²) < 4.78 is 25.9. The Morgan fingerprint density at radius 1 is 1.58 bits per heavy atom. The van der Waals surface area contributed by atoms with Crippen molar-refractivity contribution in [3.05, 3.63) is 0 Å². The molecule has 1 aliphatic rings. The van der Waals surface area contributed by atoms with Gasteiger partial charge in [0.2, 0.25) is 5.40 Å². The van der Waals surface area contributed by atoms with Crippen molar-refractivity contribution in [2.45, 2.75) is 18.9 Å². The van der Waals surface area contributed by atoms with E-state index >= 15 is 0 Å². The van der Waals surface area contributed by atoms with Crippen LogP contribution in [0.4, 0.5) is 0 Å². The highest BCUT2D eigenvalue weighted by Gasteiger charge is 2.20. The number of hydrogen-bond donors (Lipinski definition) is 1. The van der Waals surface area contributed by atoms with Gasteiger partial charge in [0.1, 0.15) is 0 Å². The largest absolute Gasteiger partial charge is 0.363 e. The summed E-state index contributed by atoms with van der Waals surface area (Å²) in [5, 5.41) is 12.2. The van der Waals surface area contributed by atoms with Crippen molar-refractivity contribution in [2.75, 3.05) is 13.1 Å². The molecule has 12 heavy (non-hydrogen) atoms. The molecule has 1 rings (SSSR count). The number of hydrogen-bond acceptors (Lipinski definition) is 5. The number of nitrogens with one attached hydrogen (secondary N) is 1. The molecule has 1 aliphatic heterocycles. The van der Waals surface area contributed by atoms with Gasteiger partial charge in [0.25, 0.3) is 0 Å². The Kier molecular flexibility index (Phi) is 3.03. The van der Waals surface area contributed by atoms with Crippen molar-refractivity contribution in [3.8, 4) is 5.40 Å². The van der Waals surface area contributed by atoms with Crippen LogP contribution >= 0.6 is 0 Å². The van der Waals surface area contributed by atoms with Crippen molar-refractivity contribution in [1.82, 2.24) is 5.32 Å². The third-order valence-electron chi connectivity index (χ3n) is 1.63. The quantitative estimate of drug-likeness (QED) is 0.363. The SMILES string of the molecule is N#CS(=O)(=O)OC1CCCNC1. The van der Waals surface area contributed by atoms with Crippen LogP contribution in [0, 0.1) is 10.7 Å². The summed E-state index contributed by atoms with van der Waals surface area (Å²) in [6.07, 6.45) is 1.20. The monoisotopic (exact) mass is 190 g/mol. The Bertz CT molecular complexity index is 274. The lowest BCUT2D eigenvalue weighted by atomic mass is 10.1. The number of rotatable bonds is 2. The first-order valence-corrected chi connectivity index (χ1v) is 5.10. The maximum atomic E-state index is 10.7. The number of thiocyanates is 1. The predicted molar refractivity (Wildman–Crippen MR) is 41.5 cm³/mol. The molecule has 1 saturated heterocycles. The third kappa shape index (κ3) is 2.77. The molecule has 0 aromatic rings. The van der Waals surface area contributed by atoms with E-state index in [1.165, 1.54) is 0 Å². The number of nitriles is 1. The fourth-order valence-electron chi connectivity index (χ4n) is 1.10. The maximum absolute atomic E-state index is 10.7. The second-order valence-electron chi connectivity index (χ2n) is 2.61. The van der Waals surface area contributed by atoms with Gasteiger partial charge in [0, 0.05) is 6.54 Å². The zero-order valence-corrected chi connectivity index (χ0v) is 7.30. The van der Waals surface area contributed by atoms with Crippen LogP contribution in [-0.2, 0) is 14.3 Å². The normalized spacial score (nSPS) is 24.8. The summed E-state index contributed by atoms with van der Waals surface area (Å²) in [6, 6.07) is 0. The van der Waals surface area contributed by atoms with E-state index in [2.05, 4.69) is 9.50 Å². The van der Waals surface area contributed by atoms with Crippen LogP contribution in [0.25, 0.3) is 0 Å². The third-order valence-corrected chi connectivity index (χ3v) is 2.38. The highest BCUT2D eigenvalue weighted by atomic mass is 32.2. The fourth-order valence-corrected chi connectivity index (χ4v) is 1.67. The van der Waals surface area contributed by atoms with Crippen molar-refractivity contribution >= 4 is 10.1 Å². The summed E-state index contributed by atoms with van der Waals surface area (Å²) in [5.41, 5.74) is 0. The van der Waals surface area contributed by atoms with Gasteiger partial charge in [-0.25, -0.2) is 0 Å². The molecule has 5 nitrogen and oxygen atoms in total. The van der Waals surface area contributed by atoms with E-state index in [1.54, 1.807) is 0 Å². The fraction of sp³-hybridized carbons (Fsp3) is 0.833. The van der Waals surface area contributed by atoms with E-state index in [-0.39, 0.29) is 6.10 Å². The van der Waals surface area contributed by atoms with E-state index in [1.807, 2.05) is 0 Å². The predicted octanol–water partition coefficient (Wildman–Crippen LogP) is -0.434. The molecule has 68 valence electrons. The maximum Gasteiger partial charge on any atom is 0.363 e. The lowest BCUT2D eigenvalue weighted by Crippen LogP contribution is -2.36. The van der Waals surface area contributed by atoms with Crippen LogP contribution in [0.2, 0.25) is 0 Å². The highest BCUT2D eigenvalue weighted by molar-refractivity contribution is 7.91. The molecule has 1 heterocycles. The highest BCUT2D eigenvalue weighted by Crippen LogP contribution is 2.08. The topological polar surface area (TPSA) is 79.2 Å². The Hall–Kier alpha value is -0.640. The Morgan fingerprint density at radius 3 is 2.83 bits per heavy atom. The molecular formula is C6H10N2O3S. The van der Waals surface area contributed by atoms with Gasteiger partial charge in [-0.2, -0.15) is 13.7 Å². The molecular weight excluding hydrogens is 180 g/mol. The Balaban J connectivity index is 2.46. The van der Waals surface area contributed by atoms with Gasteiger partial charge in [0.15, 0.2) is 0 Å². The first-order valence-electron chi connectivity index (χ1n) is 3.69. The van der Waals surface area contributed by atoms with E-state index in [0.717, 1.165) is 18.4 Å². The van der Waals surface area contributed by atoms with E-state index in [9.17, 15) is 8.42 Å². The molecule has 1 unspecified atom stereocenters. The van der Waals surface area contributed by atoms with E-state index in [0.29, 0.717) is 13.0 Å². The zero-order chi connectivity index (χ0) is 9.03. The van der Waals surface area contributed by atoms with Gasteiger partial charge in [-0.15, -0.1) is 0 Å². The average Bonchev–Trinajstić information content (AvgIpc) is 2.06. The standard InChI is InChI=1S/C6H10N2O3S/c7-5-12(9,10)11-6-2-1-3-8-4-6/h6,8H,1-4H2. The van der Waals surface area contributed by atoms with Crippen LogP contribution < -0.4 is 5.32 Å². The molecule has 0 aliphatic carbocycles. The van der Waals surface area contributed by atoms with Gasteiger partial charge in [-0.05, 0) is 19.4 Å². The van der Waals surface area contributed by atoms with Crippen molar-refractivity contribution in [1.29, 1.82) is 5.26 Å². The summed E-state index contributed by atoms with van der Waals surface area (Å²) in [4.78, 5) is 0. The summed E-state index contributed by atoms with van der Waals surface area (Å²) >= 11 is 0. The van der Waals surface area contributed by atoms with Gasteiger partial charge < -0.3 is 5.32 Å². The first-order chi connectivity index (χ1) is 5.64. The smallest absolute Gasteiger partial charge is 0.314 e.